The summed E-state index contributed by atoms with van der Waals surface area (Å²) in [7, 11) is 4.13. The summed E-state index contributed by atoms with van der Waals surface area (Å²) in [4.78, 5) is 6.72. The minimum absolute atomic E-state index is 0.685. The molecule has 0 aliphatic carbocycles. The average molecular weight is 331 g/mol. The minimum Gasteiger partial charge on any atom is -0.491 e. The zero-order chi connectivity index (χ0) is 16.7. The molecule has 4 heteroatoms. The SMILES string of the molecule is Cc1ccc(OCCCN(C)C)c(C=Cc2ccc(Cl)cc2)n1. The molecule has 0 atom stereocenters. The molecule has 1 aromatic carbocycles. The molecule has 0 N–H and O–H groups in total. The van der Waals surface area contributed by atoms with E-state index in [1.807, 2.05) is 55.5 Å². The number of aryl methyl sites for hydroxylation is 1. The van der Waals surface area contributed by atoms with E-state index in [-0.39, 0.29) is 0 Å². The van der Waals surface area contributed by atoms with Gasteiger partial charge in [0.25, 0.3) is 0 Å². The van der Waals surface area contributed by atoms with Gasteiger partial charge in [0.05, 0.1) is 6.61 Å². The first-order chi connectivity index (χ1) is 11.0. The predicted molar refractivity (Wildman–Crippen MR) is 98.0 cm³/mol. The fourth-order valence-electron chi connectivity index (χ4n) is 2.12. The molecule has 0 amide bonds. The molecule has 0 saturated carbocycles. The zero-order valence-corrected chi connectivity index (χ0v) is 14.7. The van der Waals surface area contributed by atoms with Crippen LogP contribution in [0, 0.1) is 6.92 Å². The molecular formula is C19H23ClN2O. The predicted octanol–water partition coefficient (Wildman–Crippen LogP) is 4.54. The van der Waals surface area contributed by atoms with Crippen LogP contribution in [0.5, 0.6) is 5.75 Å². The molecule has 0 bridgehead atoms. The highest BCUT2D eigenvalue weighted by molar-refractivity contribution is 6.30. The highest BCUT2D eigenvalue weighted by atomic mass is 35.5. The van der Waals surface area contributed by atoms with Crippen LogP contribution < -0.4 is 4.74 Å². The molecule has 1 heterocycles. The number of aromatic nitrogens is 1. The molecule has 0 aliphatic heterocycles. The van der Waals surface area contributed by atoms with E-state index in [1.165, 1.54) is 0 Å². The first-order valence-corrected chi connectivity index (χ1v) is 8.11. The van der Waals surface area contributed by atoms with E-state index < -0.39 is 0 Å². The van der Waals surface area contributed by atoms with Crippen LogP contribution in [-0.2, 0) is 0 Å². The Hall–Kier alpha value is -1.84. The molecule has 0 unspecified atom stereocenters. The van der Waals surface area contributed by atoms with Gasteiger partial charge in [-0.25, -0.2) is 4.98 Å². The summed E-state index contributed by atoms with van der Waals surface area (Å²) in [5.41, 5.74) is 2.91. The Kier molecular flexibility index (Phi) is 6.63. The Morgan fingerprint density at radius 2 is 1.83 bits per heavy atom. The van der Waals surface area contributed by atoms with Gasteiger partial charge in [0, 0.05) is 17.3 Å². The highest BCUT2D eigenvalue weighted by Crippen LogP contribution is 2.20. The number of halogens is 1. The number of hydrogen-bond donors (Lipinski definition) is 0. The summed E-state index contributed by atoms with van der Waals surface area (Å²) in [6, 6.07) is 11.7. The van der Waals surface area contributed by atoms with Crippen LogP contribution >= 0.6 is 11.6 Å². The largest absolute Gasteiger partial charge is 0.491 e. The Morgan fingerprint density at radius 1 is 1.09 bits per heavy atom. The maximum atomic E-state index is 5.91. The van der Waals surface area contributed by atoms with E-state index in [0.717, 1.165) is 40.7 Å². The van der Waals surface area contributed by atoms with Crippen LogP contribution in [0.1, 0.15) is 23.4 Å². The van der Waals surface area contributed by atoms with E-state index in [2.05, 4.69) is 24.0 Å². The van der Waals surface area contributed by atoms with Crippen molar-refractivity contribution in [1.29, 1.82) is 0 Å². The topological polar surface area (TPSA) is 25.4 Å². The minimum atomic E-state index is 0.685. The van der Waals surface area contributed by atoms with E-state index in [0.29, 0.717) is 6.61 Å². The van der Waals surface area contributed by atoms with Crippen LogP contribution in [0.2, 0.25) is 5.02 Å². The maximum absolute atomic E-state index is 5.91. The van der Waals surface area contributed by atoms with Gasteiger partial charge in [-0.15, -0.1) is 0 Å². The summed E-state index contributed by atoms with van der Waals surface area (Å²) in [6.07, 6.45) is 4.99. The fourth-order valence-corrected chi connectivity index (χ4v) is 2.24. The van der Waals surface area contributed by atoms with Gasteiger partial charge in [0.1, 0.15) is 11.4 Å². The lowest BCUT2D eigenvalue weighted by Crippen LogP contribution is -2.15. The molecule has 0 spiro atoms. The molecule has 0 saturated heterocycles. The number of benzene rings is 1. The summed E-state index contributed by atoms with van der Waals surface area (Å²) < 4.78 is 5.89. The van der Waals surface area contributed by atoms with Crippen LogP contribution in [0.3, 0.4) is 0 Å². The fraction of sp³-hybridized carbons (Fsp3) is 0.316. The van der Waals surface area contributed by atoms with Gasteiger partial charge in [0.15, 0.2) is 0 Å². The Morgan fingerprint density at radius 3 is 2.52 bits per heavy atom. The summed E-state index contributed by atoms with van der Waals surface area (Å²) >= 11 is 5.91. The molecule has 0 aliphatic rings. The van der Waals surface area contributed by atoms with Gasteiger partial charge in [-0.3, -0.25) is 0 Å². The lowest BCUT2D eigenvalue weighted by atomic mass is 10.2. The summed E-state index contributed by atoms with van der Waals surface area (Å²) in [6.45, 7) is 3.68. The van der Waals surface area contributed by atoms with Gasteiger partial charge < -0.3 is 9.64 Å². The van der Waals surface area contributed by atoms with Crippen molar-refractivity contribution >= 4 is 23.8 Å². The maximum Gasteiger partial charge on any atom is 0.144 e. The normalized spacial score (nSPS) is 11.3. The highest BCUT2D eigenvalue weighted by Gasteiger charge is 2.03. The first-order valence-electron chi connectivity index (χ1n) is 7.73. The first kappa shape index (κ1) is 17.5. The quantitative estimate of drug-likeness (QED) is 0.697. The number of nitrogens with zero attached hydrogens (tertiary/aromatic N) is 2. The van der Waals surface area contributed by atoms with E-state index in [4.69, 9.17) is 16.3 Å². The third-order valence-corrected chi connectivity index (χ3v) is 3.59. The molecule has 0 radical (unpaired) electrons. The van der Waals surface area contributed by atoms with Crippen molar-refractivity contribution in [2.75, 3.05) is 27.2 Å². The van der Waals surface area contributed by atoms with Crippen molar-refractivity contribution < 1.29 is 4.74 Å². The number of pyridine rings is 1. The monoisotopic (exact) mass is 330 g/mol. The molecule has 1 aromatic heterocycles. The second kappa shape index (κ2) is 8.70. The van der Waals surface area contributed by atoms with Crippen molar-refractivity contribution in [1.82, 2.24) is 9.88 Å². The van der Waals surface area contributed by atoms with E-state index >= 15 is 0 Å². The third-order valence-electron chi connectivity index (χ3n) is 3.34. The van der Waals surface area contributed by atoms with Gasteiger partial charge in [-0.1, -0.05) is 29.8 Å². The van der Waals surface area contributed by atoms with E-state index in [9.17, 15) is 0 Å². The lowest BCUT2D eigenvalue weighted by Gasteiger charge is -2.12. The molecular weight excluding hydrogens is 308 g/mol. The van der Waals surface area contributed by atoms with Crippen molar-refractivity contribution in [2.45, 2.75) is 13.3 Å². The van der Waals surface area contributed by atoms with Gasteiger partial charge in [-0.2, -0.15) is 0 Å². The lowest BCUT2D eigenvalue weighted by molar-refractivity contribution is 0.280. The van der Waals surface area contributed by atoms with Crippen LogP contribution in [-0.4, -0.2) is 37.1 Å². The van der Waals surface area contributed by atoms with Crippen molar-refractivity contribution in [3.05, 3.63) is 58.4 Å². The number of ether oxygens (including phenoxy) is 1. The van der Waals surface area contributed by atoms with Gasteiger partial charge >= 0.3 is 0 Å². The van der Waals surface area contributed by atoms with Gasteiger partial charge in [-0.05, 0) is 63.3 Å². The number of rotatable bonds is 7. The average Bonchev–Trinajstić information content (AvgIpc) is 2.52. The van der Waals surface area contributed by atoms with Crippen LogP contribution in [0.15, 0.2) is 36.4 Å². The Balaban J connectivity index is 2.07. The van der Waals surface area contributed by atoms with Crippen molar-refractivity contribution in [3.63, 3.8) is 0 Å². The van der Waals surface area contributed by atoms with Gasteiger partial charge in [0.2, 0.25) is 0 Å². The second-order valence-electron chi connectivity index (χ2n) is 5.73. The van der Waals surface area contributed by atoms with Crippen molar-refractivity contribution in [2.24, 2.45) is 0 Å². The molecule has 2 rings (SSSR count). The van der Waals surface area contributed by atoms with Crippen LogP contribution in [0.4, 0.5) is 0 Å². The summed E-state index contributed by atoms with van der Waals surface area (Å²) in [5, 5.41) is 0.737. The van der Waals surface area contributed by atoms with Crippen molar-refractivity contribution in [3.8, 4) is 5.75 Å². The second-order valence-corrected chi connectivity index (χ2v) is 6.16. The molecule has 23 heavy (non-hydrogen) atoms. The van der Waals surface area contributed by atoms with Crippen LogP contribution in [0.25, 0.3) is 12.2 Å². The Labute approximate surface area is 143 Å². The number of hydrogen-bond acceptors (Lipinski definition) is 3. The molecule has 122 valence electrons. The smallest absolute Gasteiger partial charge is 0.144 e. The zero-order valence-electron chi connectivity index (χ0n) is 13.9. The molecule has 3 nitrogen and oxygen atoms in total. The summed E-state index contributed by atoms with van der Waals surface area (Å²) in [5.74, 6) is 0.819. The van der Waals surface area contributed by atoms with E-state index in [1.54, 1.807) is 0 Å². The molecule has 0 fully saturated rings. The molecule has 2 aromatic rings. The standard InChI is InChI=1S/C19H23ClN2O/c1-15-5-12-19(23-14-4-13-22(2)3)18(21-15)11-8-16-6-9-17(20)10-7-16/h5-12H,4,13-14H2,1-3H3. The Bertz CT molecular complexity index is 651. The third kappa shape index (κ3) is 6.05.